The van der Waals surface area contributed by atoms with Crippen molar-refractivity contribution in [3.05, 3.63) is 23.7 Å². The van der Waals surface area contributed by atoms with E-state index < -0.39 is 5.97 Å². The molecule has 19 heavy (non-hydrogen) atoms. The molecule has 0 bridgehead atoms. The summed E-state index contributed by atoms with van der Waals surface area (Å²) < 4.78 is 10.9. The Balaban J connectivity index is 1.83. The zero-order valence-corrected chi connectivity index (χ0v) is 11.3. The zero-order valence-electron chi connectivity index (χ0n) is 11.3. The van der Waals surface area contributed by atoms with Crippen molar-refractivity contribution in [1.82, 2.24) is 10.2 Å². The third kappa shape index (κ3) is 3.79. The third-order valence-corrected chi connectivity index (χ3v) is 3.26. The first-order valence-electron chi connectivity index (χ1n) is 6.43. The highest BCUT2D eigenvalue weighted by Gasteiger charge is 2.19. The smallest absolute Gasteiger partial charge is 0.371 e. The maximum absolute atomic E-state index is 10.7. The first-order valence-corrected chi connectivity index (χ1v) is 6.43. The largest absolute Gasteiger partial charge is 0.475 e. The van der Waals surface area contributed by atoms with Gasteiger partial charge in [0.1, 0.15) is 5.76 Å². The lowest BCUT2D eigenvalue weighted by Gasteiger charge is -2.30. The van der Waals surface area contributed by atoms with Gasteiger partial charge in [-0.2, -0.15) is 0 Å². The standard InChI is InChI=1S/C13H20N2O4/c1-9(11-3-4-12(19-11)13(16)17)14-7-10-8-15(2)5-6-18-10/h3-4,9-10,14H,5-8H2,1-2H3,(H,16,17). The minimum Gasteiger partial charge on any atom is -0.475 e. The lowest BCUT2D eigenvalue weighted by atomic mass is 10.2. The highest BCUT2D eigenvalue weighted by Crippen LogP contribution is 2.16. The molecule has 0 aromatic carbocycles. The van der Waals surface area contributed by atoms with E-state index >= 15 is 0 Å². The average Bonchev–Trinajstić information content (AvgIpc) is 2.86. The molecule has 0 spiro atoms. The number of carboxylic acids is 1. The number of carbonyl (C=O) groups is 1. The molecular formula is C13H20N2O4. The number of rotatable bonds is 5. The first kappa shape index (κ1) is 14.0. The van der Waals surface area contributed by atoms with Gasteiger partial charge < -0.3 is 24.5 Å². The summed E-state index contributed by atoms with van der Waals surface area (Å²) in [5.41, 5.74) is 0. The molecule has 1 saturated heterocycles. The fraction of sp³-hybridized carbons (Fsp3) is 0.615. The summed E-state index contributed by atoms with van der Waals surface area (Å²) in [4.78, 5) is 13.0. The first-order chi connectivity index (χ1) is 9.06. The minimum atomic E-state index is -1.05. The average molecular weight is 268 g/mol. The van der Waals surface area contributed by atoms with Crippen LogP contribution in [0, 0.1) is 0 Å². The number of ether oxygens (including phenoxy) is 1. The molecule has 2 heterocycles. The molecule has 1 aliphatic heterocycles. The Bertz CT molecular complexity index is 432. The summed E-state index contributed by atoms with van der Waals surface area (Å²) in [5, 5.41) is 12.1. The number of furan rings is 1. The zero-order chi connectivity index (χ0) is 13.8. The minimum absolute atomic E-state index is 0.0303. The molecule has 6 nitrogen and oxygen atoms in total. The molecule has 1 aliphatic rings. The number of morpholine rings is 1. The normalized spacial score (nSPS) is 22.3. The van der Waals surface area contributed by atoms with Crippen LogP contribution >= 0.6 is 0 Å². The molecular weight excluding hydrogens is 248 g/mol. The van der Waals surface area contributed by atoms with Gasteiger partial charge in [0.25, 0.3) is 0 Å². The highest BCUT2D eigenvalue weighted by atomic mass is 16.5. The summed E-state index contributed by atoms with van der Waals surface area (Å²) in [5.74, 6) is -0.449. The van der Waals surface area contributed by atoms with Crippen LogP contribution in [-0.2, 0) is 4.74 Å². The van der Waals surface area contributed by atoms with Gasteiger partial charge in [0.05, 0.1) is 18.8 Å². The fourth-order valence-corrected chi connectivity index (χ4v) is 2.10. The molecule has 0 radical (unpaired) electrons. The van der Waals surface area contributed by atoms with E-state index in [1.165, 1.54) is 6.07 Å². The third-order valence-electron chi connectivity index (χ3n) is 3.26. The van der Waals surface area contributed by atoms with Crippen LogP contribution in [0.15, 0.2) is 16.5 Å². The number of hydrogen-bond donors (Lipinski definition) is 2. The number of nitrogens with zero attached hydrogens (tertiary/aromatic N) is 1. The number of nitrogens with one attached hydrogen (secondary N) is 1. The second kappa shape index (κ2) is 6.18. The molecule has 0 amide bonds. The van der Waals surface area contributed by atoms with Gasteiger partial charge in [-0.1, -0.05) is 0 Å². The Morgan fingerprint density at radius 3 is 3.05 bits per heavy atom. The summed E-state index contributed by atoms with van der Waals surface area (Å²) in [6.07, 6.45) is 0.162. The van der Waals surface area contributed by atoms with E-state index in [0.29, 0.717) is 12.3 Å². The molecule has 2 atom stereocenters. The van der Waals surface area contributed by atoms with Crippen molar-refractivity contribution in [3.63, 3.8) is 0 Å². The molecule has 1 aromatic heterocycles. The van der Waals surface area contributed by atoms with E-state index in [4.69, 9.17) is 14.3 Å². The van der Waals surface area contributed by atoms with Crippen molar-refractivity contribution in [1.29, 1.82) is 0 Å². The van der Waals surface area contributed by atoms with Gasteiger partial charge in [0.2, 0.25) is 5.76 Å². The Morgan fingerprint density at radius 2 is 2.42 bits per heavy atom. The van der Waals surface area contributed by atoms with Crippen LogP contribution in [0.1, 0.15) is 29.3 Å². The lowest BCUT2D eigenvalue weighted by molar-refractivity contribution is -0.0193. The number of hydrogen-bond acceptors (Lipinski definition) is 5. The Morgan fingerprint density at radius 1 is 1.63 bits per heavy atom. The van der Waals surface area contributed by atoms with Crippen molar-refractivity contribution < 1.29 is 19.1 Å². The Hall–Kier alpha value is -1.37. The van der Waals surface area contributed by atoms with Crippen molar-refractivity contribution in [2.24, 2.45) is 0 Å². The summed E-state index contributed by atoms with van der Waals surface area (Å²) in [6.45, 7) is 5.28. The van der Waals surface area contributed by atoms with Crippen molar-refractivity contribution in [2.45, 2.75) is 19.1 Å². The predicted molar refractivity (Wildman–Crippen MR) is 69.3 cm³/mol. The summed E-state index contributed by atoms with van der Waals surface area (Å²) >= 11 is 0. The second-order valence-corrected chi connectivity index (χ2v) is 4.89. The van der Waals surface area contributed by atoms with Crippen LogP contribution in [0.4, 0.5) is 0 Å². The van der Waals surface area contributed by atoms with Gasteiger partial charge in [-0.3, -0.25) is 0 Å². The molecule has 2 rings (SSSR count). The Kier molecular flexibility index (Phi) is 4.57. The van der Waals surface area contributed by atoms with E-state index in [-0.39, 0.29) is 17.9 Å². The van der Waals surface area contributed by atoms with E-state index in [1.807, 2.05) is 6.92 Å². The van der Waals surface area contributed by atoms with Crippen LogP contribution in [0.3, 0.4) is 0 Å². The molecule has 2 N–H and O–H groups in total. The van der Waals surface area contributed by atoms with Crippen LogP contribution < -0.4 is 5.32 Å². The van der Waals surface area contributed by atoms with E-state index in [0.717, 1.165) is 19.7 Å². The fourth-order valence-electron chi connectivity index (χ4n) is 2.10. The topological polar surface area (TPSA) is 74.9 Å². The van der Waals surface area contributed by atoms with E-state index in [2.05, 4.69) is 17.3 Å². The van der Waals surface area contributed by atoms with Gasteiger partial charge in [0, 0.05) is 19.6 Å². The number of aromatic carboxylic acids is 1. The number of carboxylic acid groups (broad SMARTS) is 1. The maximum Gasteiger partial charge on any atom is 0.371 e. The van der Waals surface area contributed by atoms with Gasteiger partial charge in [-0.25, -0.2) is 4.79 Å². The Labute approximate surface area is 112 Å². The number of likely N-dealkylation sites (N-methyl/N-ethyl adjacent to an activating group) is 1. The monoisotopic (exact) mass is 268 g/mol. The summed E-state index contributed by atoms with van der Waals surface area (Å²) in [6, 6.07) is 3.12. The van der Waals surface area contributed by atoms with Crippen molar-refractivity contribution in [3.8, 4) is 0 Å². The van der Waals surface area contributed by atoms with Gasteiger partial charge in [-0.05, 0) is 26.1 Å². The molecule has 6 heteroatoms. The highest BCUT2D eigenvalue weighted by molar-refractivity contribution is 5.84. The SMILES string of the molecule is CC(NCC1CN(C)CCO1)c1ccc(C(=O)O)o1. The molecule has 0 saturated carbocycles. The second-order valence-electron chi connectivity index (χ2n) is 4.89. The predicted octanol–water partition coefficient (Wildman–Crippen LogP) is 0.959. The van der Waals surface area contributed by atoms with Crippen LogP contribution in [0.2, 0.25) is 0 Å². The lowest BCUT2D eigenvalue weighted by Crippen LogP contribution is -2.45. The van der Waals surface area contributed by atoms with Gasteiger partial charge in [0.15, 0.2) is 0 Å². The van der Waals surface area contributed by atoms with Gasteiger partial charge in [-0.15, -0.1) is 0 Å². The maximum atomic E-state index is 10.7. The van der Waals surface area contributed by atoms with Gasteiger partial charge >= 0.3 is 5.97 Å². The van der Waals surface area contributed by atoms with Crippen LogP contribution in [0.25, 0.3) is 0 Å². The van der Waals surface area contributed by atoms with E-state index in [9.17, 15) is 4.79 Å². The molecule has 106 valence electrons. The van der Waals surface area contributed by atoms with Crippen LogP contribution in [0.5, 0.6) is 0 Å². The van der Waals surface area contributed by atoms with E-state index in [1.54, 1.807) is 6.07 Å². The molecule has 1 fully saturated rings. The molecule has 2 unspecified atom stereocenters. The molecule has 0 aliphatic carbocycles. The van der Waals surface area contributed by atoms with Crippen molar-refractivity contribution in [2.75, 3.05) is 33.3 Å². The van der Waals surface area contributed by atoms with Crippen molar-refractivity contribution >= 4 is 5.97 Å². The quantitative estimate of drug-likeness (QED) is 0.828. The summed E-state index contributed by atoms with van der Waals surface area (Å²) in [7, 11) is 2.07. The van der Waals surface area contributed by atoms with Crippen LogP contribution in [-0.4, -0.2) is 55.4 Å². The molecule has 1 aromatic rings.